The summed E-state index contributed by atoms with van der Waals surface area (Å²) >= 11 is 0. The van der Waals surface area contributed by atoms with Gasteiger partial charge in [-0.2, -0.15) is 0 Å². The van der Waals surface area contributed by atoms with Crippen LogP contribution in [-0.4, -0.2) is 21.8 Å². The number of rotatable bonds is 9. The lowest BCUT2D eigenvalue weighted by Crippen LogP contribution is -2.02. The monoisotopic (exact) mass is 450 g/mol. The number of carbonyl (C=O) groups is 2. The van der Waals surface area contributed by atoms with E-state index in [1.165, 1.54) is 0 Å². The number of ketones is 2. The van der Waals surface area contributed by atoms with Crippen molar-refractivity contribution in [3.63, 3.8) is 0 Å². The first kappa shape index (κ1) is 23.0. The van der Waals surface area contributed by atoms with Crippen molar-refractivity contribution in [3.8, 4) is 33.8 Å². The highest BCUT2D eigenvalue weighted by Gasteiger charge is 2.10. The molecule has 0 aromatic heterocycles. The van der Waals surface area contributed by atoms with Crippen molar-refractivity contribution in [1.82, 2.24) is 0 Å². The Morgan fingerprint density at radius 1 is 0.441 bits per heavy atom. The van der Waals surface area contributed by atoms with Crippen molar-refractivity contribution < 1.29 is 19.8 Å². The molecule has 170 valence electrons. The molecule has 0 bridgehead atoms. The minimum atomic E-state index is 0.0722. The van der Waals surface area contributed by atoms with Gasteiger partial charge in [-0.05, 0) is 59.4 Å². The van der Waals surface area contributed by atoms with Crippen LogP contribution in [0.4, 0.5) is 0 Å². The Bertz CT molecular complexity index is 1150. The van der Waals surface area contributed by atoms with Gasteiger partial charge in [-0.15, -0.1) is 0 Å². The number of hydrogen-bond donors (Lipinski definition) is 2. The zero-order valence-electron chi connectivity index (χ0n) is 18.8. The summed E-state index contributed by atoms with van der Waals surface area (Å²) in [6.45, 7) is 0. The predicted molar refractivity (Wildman–Crippen MR) is 134 cm³/mol. The second-order valence-electron chi connectivity index (χ2n) is 8.30. The molecule has 0 amide bonds. The van der Waals surface area contributed by atoms with Crippen LogP contribution in [0.5, 0.6) is 11.5 Å². The minimum Gasteiger partial charge on any atom is -0.508 e. The molecule has 0 fully saturated rings. The van der Waals surface area contributed by atoms with Gasteiger partial charge in [0.05, 0.1) is 0 Å². The molecule has 4 nitrogen and oxygen atoms in total. The van der Waals surface area contributed by atoms with Crippen LogP contribution in [0.15, 0.2) is 97.1 Å². The summed E-state index contributed by atoms with van der Waals surface area (Å²) in [7, 11) is 0. The van der Waals surface area contributed by atoms with Gasteiger partial charge < -0.3 is 10.2 Å². The van der Waals surface area contributed by atoms with E-state index in [0.29, 0.717) is 36.8 Å². The van der Waals surface area contributed by atoms with E-state index in [4.69, 9.17) is 0 Å². The molecule has 0 spiro atoms. The number of aromatic hydroxyl groups is 2. The highest BCUT2D eigenvalue weighted by Crippen LogP contribution is 2.24. The van der Waals surface area contributed by atoms with Gasteiger partial charge in [0.25, 0.3) is 0 Å². The van der Waals surface area contributed by atoms with Crippen LogP contribution in [0.3, 0.4) is 0 Å². The van der Waals surface area contributed by atoms with Gasteiger partial charge >= 0.3 is 0 Å². The maximum absolute atomic E-state index is 12.5. The summed E-state index contributed by atoms with van der Waals surface area (Å²) in [5, 5.41) is 18.8. The fourth-order valence-corrected chi connectivity index (χ4v) is 3.86. The van der Waals surface area contributed by atoms with E-state index in [-0.39, 0.29) is 23.1 Å². The Morgan fingerprint density at radius 3 is 1.00 bits per heavy atom. The molecule has 0 unspecified atom stereocenters. The van der Waals surface area contributed by atoms with E-state index in [9.17, 15) is 19.8 Å². The van der Waals surface area contributed by atoms with Gasteiger partial charge in [0.1, 0.15) is 11.5 Å². The summed E-state index contributed by atoms with van der Waals surface area (Å²) in [6, 6.07) is 28.8. The van der Waals surface area contributed by atoms with Gasteiger partial charge in [0.2, 0.25) is 0 Å². The number of phenols is 2. The largest absolute Gasteiger partial charge is 0.508 e. The molecule has 0 saturated heterocycles. The highest BCUT2D eigenvalue weighted by atomic mass is 16.3. The van der Waals surface area contributed by atoms with Gasteiger partial charge in [0.15, 0.2) is 11.6 Å². The van der Waals surface area contributed by atoms with Gasteiger partial charge in [-0.25, -0.2) is 0 Å². The molecule has 0 aliphatic carbocycles. The molecule has 0 radical (unpaired) electrons. The van der Waals surface area contributed by atoms with E-state index in [0.717, 1.165) is 22.3 Å². The smallest absolute Gasteiger partial charge is 0.162 e. The van der Waals surface area contributed by atoms with Crippen LogP contribution in [0, 0.1) is 0 Å². The summed E-state index contributed by atoms with van der Waals surface area (Å²) in [5.41, 5.74) is 5.26. The number of hydrogen-bond acceptors (Lipinski definition) is 4. The second-order valence-corrected chi connectivity index (χ2v) is 8.30. The third-order valence-electron chi connectivity index (χ3n) is 5.87. The molecule has 0 aliphatic heterocycles. The van der Waals surface area contributed by atoms with Crippen molar-refractivity contribution in [3.05, 3.63) is 108 Å². The quantitative estimate of drug-likeness (QED) is 0.211. The Labute approximate surface area is 199 Å². The fourth-order valence-electron chi connectivity index (χ4n) is 3.86. The number of carbonyl (C=O) groups excluding carboxylic acids is 2. The fraction of sp³-hybridized carbons (Fsp3) is 0.133. The second kappa shape index (κ2) is 10.6. The highest BCUT2D eigenvalue weighted by molar-refractivity contribution is 5.97. The first-order valence-corrected chi connectivity index (χ1v) is 11.3. The predicted octanol–water partition coefficient (Wildman–Crippen LogP) is 7.06. The summed E-state index contributed by atoms with van der Waals surface area (Å²) < 4.78 is 0. The maximum Gasteiger partial charge on any atom is 0.162 e. The first-order valence-electron chi connectivity index (χ1n) is 11.3. The van der Waals surface area contributed by atoms with Crippen molar-refractivity contribution in [2.75, 3.05) is 0 Å². The van der Waals surface area contributed by atoms with E-state index in [2.05, 4.69) is 0 Å². The number of Topliss-reactive ketones (excluding diaryl/α,β-unsaturated/α-hetero) is 2. The minimum absolute atomic E-state index is 0.0722. The zero-order valence-corrected chi connectivity index (χ0v) is 18.8. The average molecular weight is 451 g/mol. The molecule has 0 aliphatic rings. The number of phenolic OH excluding ortho intramolecular Hbond substituents is 2. The number of unbranched alkanes of at least 4 members (excludes halogenated alkanes) is 1. The lowest BCUT2D eigenvalue weighted by molar-refractivity contribution is 0.0954. The van der Waals surface area contributed by atoms with Crippen LogP contribution < -0.4 is 0 Å². The topological polar surface area (TPSA) is 74.6 Å². The molecule has 0 saturated carbocycles. The molecular formula is C30H26O4. The van der Waals surface area contributed by atoms with Crippen LogP contribution >= 0.6 is 0 Å². The van der Waals surface area contributed by atoms with E-state index in [1.807, 2.05) is 72.8 Å². The van der Waals surface area contributed by atoms with Crippen molar-refractivity contribution >= 4 is 11.6 Å². The van der Waals surface area contributed by atoms with Gasteiger partial charge in [-0.1, -0.05) is 72.8 Å². The van der Waals surface area contributed by atoms with Crippen LogP contribution in [-0.2, 0) is 0 Å². The van der Waals surface area contributed by atoms with Crippen LogP contribution in [0.1, 0.15) is 46.4 Å². The zero-order chi connectivity index (χ0) is 23.9. The third kappa shape index (κ3) is 5.78. The maximum atomic E-state index is 12.5. The van der Waals surface area contributed by atoms with Crippen LogP contribution in [0.25, 0.3) is 22.3 Å². The molecule has 4 aromatic rings. The van der Waals surface area contributed by atoms with Crippen molar-refractivity contribution in [2.45, 2.75) is 25.7 Å². The summed E-state index contributed by atoms with van der Waals surface area (Å²) in [5.74, 6) is 0.589. The molecule has 0 heterocycles. The van der Waals surface area contributed by atoms with Gasteiger partial charge in [-0.3, -0.25) is 9.59 Å². The standard InChI is InChI=1S/C30H26O4/c31-27-17-13-23(14-18-27)21-5-9-25(10-6-21)29(33)3-1-2-4-30(34)26-11-7-22(8-12-26)24-15-19-28(32)20-16-24/h5-20,31-32H,1-4H2. The Morgan fingerprint density at radius 2 is 0.706 bits per heavy atom. The van der Waals surface area contributed by atoms with E-state index in [1.54, 1.807) is 24.3 Å². The SMILES string of the molecule is O=C(CCCCC(=O)c1ccc(-c2ccc(O)cc2)cc1)c1ccc(-c2ccc(O)cc2)cc1. The Hall–Kier alpha value is -4.18. The normalized spacial score (nSPS) is 10.7. The van der Waals surface area contributed by atoms with Crippen LogP contribution in [0.2, 0.25) is 0 Å². The lowest BCUT2D eigenvalue weighted by atomic mass is 9.98. The average Bonchev–Trinajstić information content (AvgIpc) is 2.87. The lowest BCUT2D eigenvalue weighted by Gasteiger charge is -2.06. The van der Waals surface area contributed by atoms with E-state index < -0.39 is 0 Å². The summed E-state index contributed by atoms with van der Waals surface area (Å²) in [6.07, 6.45) is 2.14. The molecule has 4 rings (SSSR count). The van der Waals surface area contributed by atoms with Crippen molar-refractivity contribution in [1.29, 1.82) is 0 Å². The molecule has 4 aromatic carbocycles. The van der Waals surface area contributed by atoms with E-state index >= 15 is 0 Å². The molecule has 0 atom stereocenters. The Kier molecular flexibility index (Phi) is 7.19. The first-order chi connectivity index (χ1) is 16.5. The summed E-state index contributed by atoms with van der Waals surface area (Å²) in [4.78, 5) is 25.0. The molecule has 2 N–H and O–H groups in total. The molecular weight excluding hydrogens is 424 g/mol. The third-order valence-corrected chi connectivity index (χ3v) is 5.87. The Balaban J connectivity index is 1.24. The number of benzene rings is 4. The van der Waals surface area contributed by atoms with Gasteiger partial charge in [0, 0.05) is 24.0 Å². The molecule has 34 heavy (non-hydrogen) atoms. The molecule has 4 heteroatoms. The van der Waals surface area contributed by atoms with Crippen molar-refractivity contribution in [2.24, 2.45) is 0 Å².